The van der Waals surface area contributed by atoms with Crippen LogP contribution in [-0.2, 0) is 4.74 Å². The van der Waals surface area contributed by atoms with Crippen molar-refractivity contribution in [2.45, 2.75) is 64.4 Å². The van der Waals surface area contributed by atoms with Gasteiger partial charge in [0.2, 0.25) is 5.90 Å². The predicted octanol–water partition coefficient (Wildman–Crippen LogP) is 5.06. The number of allylic oxidation sites excluding steroid dienone is 1. The zero-order chi connectivity index (χ0) is 18.7. The molecule has 0 radical (unpaired) electrons. The first-order chi connectivity index (χ1) is 12.4. The molecular formula is C22H29N3O. The van der Waals surface area contributed by atoms with E-state index in [9.17, 15) is 0 Å². The third-order valence-corrected chi connectivity index (χ3v) is 5.19. The molecule has 3 rings (SSSR count). The van der Waals surface area contributed by atoms with Crippen molar-refractivity contribution in [3.8, 4) is 0 Å². The molecule has 0 atom stereocenters. The smallest absolute Gasteiger partial charge is 0.242 e. The molecule has 26 heavy (non-hydrogen) atoms. The van der Waals surface area contributed by atoms with Gasteiger partial charge in [0, 0.05) is 17.5 Å². The van der Waals surface area contributed by atoms with Crippen molar-refractivity contribution in [2.75, 3.05) is 0 Å². The SMILES string of the molecule is C=CN=C1OC(C)(C)C(c2ccc(C3CCCCC3)cc2)=N/C1=C(/C)N. The van der Waals surface area contributed by atoms with Crippen LogP contribution < -0.4 is 5.73 Å². The fraction of sp³-hybridized carbons (Fsp3) is 0.455. The molecule has 1 heterocycles. The molecule has 4 heteroatoms. The summed E-state index contributed by atoms with van der Waals surface area (Å²) < 4.78 is 6.11. The molecule has 1 aromatic rings. The van der Waals surface area contributed by atoms with Gasteiger partial charge in [-0.05, 0) is 45.1 Å². The molecule has 0 unspecified atom stereocenters. The number of aliphatic imine (C=N–C) groups is 2. The Hall–Kier alpha value is -2.36. The van der Waals surface area contributed by atoms with E-state index in [0.717, 1.165) is 11.3 Å². The average Bonchev–Trinajstić information content (AvgIpc) is 2.62. The maximum atomic E-state index is 6.11. The summed E-state index contributed by atoms with van der Waals surface area (Å²) in [5, 5.41) is 0. The second-order valence-corrected chi connectivity index (χ2v) is 7.68. The summed E-state index contributed by atoms with van der Waals surface area (Å²) in [5.41, 5.74) is 9.95. The van der Waals surface area contributed by atoms with Crippen LogP contribution in [0.3, 0.4) is 0 Å². The zero-order valence-corrected chi connectivity index (χ0v) is 16.1. The Bertz CT molecular complexity index is 759. The van der Waals surface area contributed by atoms with Crippen molar-refractivity contribution in [1.82, 2.24) is 0 Å². The van der Waals surface area contributed by atoms with Crippen molar-refractivity contribution in [3.05, 3.63) is 59.6 Å². The van der Waals surface area contributed by atoms with E-state index in [-0.39, 0.29) is 0 Å². The van der Waals surface area contributed by atoms with E-state index in [1.807, 2.05) is 20.8 Å². The molecule has 1 aromatic carbocycles. The molecule has 2 N–H and O–H groups in total. The Morgan fingerprint density at radius 3 is 2.46 bits per heavy atom. The molecule has 1 saturated carbocycles. The van der Waals surface area contributed by atoms with Gasteiger partial charge in [0.25, 0.3) is 0 Å². The van der Waals surface area contributed by atoms with Gasteiger partial charge in [-0.15, -0.1) is 0 Å². The molecule has 0 bridgehead atoms. The molecule has 1 fully saturated rings. The number of benzene rings is 1. The summed E-state index contributed by atoms with van der Waals surface area (Å²) in [5.74, 6) is 1.12. The van der Waals surface area contributed by atoms with Crippen molar-refractivity contribution in [1.29, 1.82) is 0 Å². The van der Waals surface area contributed by atoms with Crippen LogP contribution in [0.2, 0.25) is 0 Å². The minimum absolute atomic E-state index is 0.424. The molecule has 2 aliphatic rings. The summed E-state index contributed by atoms with van der Waals surface area (Å²) in [6, 6.07) is 8.81. The van der Waals surface area contributed by atoms with Crippen molar-refractivity contribution in [3.63, 3.8) is 0 Å². The van der Waals surface area contributed by atoms with Crippen LogP contribution in [0.15, 0.2) is 58.4 Å². The summed E-state index contributed by atoms with van der Waals surface area (Å²) in [6.45, 7) is 9.46. The summed E-state index contributed by atoms with van der Waals surface area (Å²) in [4.78, 5) is 9.01. The monoisotopic (exact) mass is 351 g/mol. The van der Waals surface area contributed by atoms with E-state index >= 15 is 0 Å². The van der Waals surface area contributed by atoms with Crippen LogP contribution >= 0.6 is 0 Å². The third-order valence-electron chi connectivity index (χ3n) is 5.19. The van der Waals surface area contributed by atoms with Gasteiger partial charge in [0.1, 0.15) is 11.3 Å². The highest BCUT2D eigenvalue weighted by Gasteiger charge is 2.36. The number of ether oxygens (including phenoxy) is 1. The molecule has 138 valence electrons. The molecular weight excluding hydrogens is 322 g/mol. The van der Waals surface area contributed by atoms with Crippen LogP contribution in [0.1, 0.15) is 69.9 Å². The summed E-state index contributed by atoms with van der Waals surface area (Å²) in [6.07, 6.45) is 8.11. The standard InChI is InChI=1S/C22H29N3O/c1-5-24-21-19(15(2)23)25-20(22(3,4)26-21)18-13-11-17(12-14-18)16-9-7-6-8-10-16/h5,11-14,16H,1,6-10,23H2,2-4H3/b19-15-,24-21?. The van der Waals surface area contributed by atoms with Gasteiger partial charge in [0.05, 0.1) is 5.71 Å². The molecule has 0 saturated heterocycles. The summed E-state index contributed by atoms with van der Waals surface area (Å²) in [7, 11) is 0. The van der Waals surface area contributed by atoms with Gasteiger partial charge >= 0.3 is 0 Å². The normalized spacial score (nSPS) is 24.0. The fourth-order valence-electron chi connectivity index (χ4n) is 3.82. The molecule has 0 spiro atoms. The lowest BCUT2D eigenvalue weighted by Crippen LogP contribution is -2.42. The lowest BCUT2D eigenvalue weighted by molar-refractivity contribution is 0.164. The maximum Gasteiger partial charge on any atom is 0.242 e. The van der Waals surface area contributed by atoms with E-state index in [1.165, 1.54) is 43.9 Å². The number of rotatable bonds is 3. The van der Waals surface area contributed by atoms with Crippen molar-refractivity contribution in [2.24, 2.45) is 15.7 Å². The van der Waals surface area contributed by atoms with Gasteiger partial charge in [-0.3, -0.25) is 0 Å². The van der Waals surface area contributed by atoms with E-state index in [2.05, 4.69) is 35.8 Å². The Kier molecular flexibility index (Phi) is 5.30. The predicted molar refractivity (Wildman–Crippen MR) is 108 cm³/mol. The molecule has 1 aliphatic heterocycles. The van der Waals surface area contributed by atoms with Gasteiger partial charge in [-0.1, -0.05) is 50.1 Å². The van der Waals surface area contributed by atoms with Crippen molar-refractivity contribution >= 4 is 11.6 Å². The van der Waals surface area contributed by atoms with Gasteiger partial charge in [-0.2, -0.15) is 0 Å². The van der Waals surface area contributed by atoms with Crippen LogP contribution in [0, 0.1) is 0 Å². The lowest BCUT2D eigenvalue weighted by atomic mass is 9.83. The highest BCUT2D eigenvalue weighted by Crippen LogP contribution is 2.34. The van der Waals surface area contributed by atoms with E-state index in [0.29, 0.717) is 23.2 Å². The van der Waals surface area contributed by atoms with E-state index in [1.54, 1.807) is 0 Å². The molecule has 0 amide bonds. The van der Waals surface area contributed by atoms with Crippen molar-refractivity contribution < 1.29 is 4.74 Å². The Labute approximate surface area is 156 Å². The molecule has 4 nitrogen and oxygen atoms in total. The number of nitrogens with zero attached hydrogens (tertiary/aromatic N) is 2. The zero-order valence-electron chi connectivity index (χ0n) is 16.1. The fourth-order valence-corrected chi connectivity index (χ4v) is 3.82. The van der Waals surface area contributed by atoms with Crippen LogP contribution in [-0.4, -0.2) is 17.2 Å². The third kappa shape index (κ3) is 3.74. The van der Waals surface area contributed by atoms with Gasteiger partial charge in [-0.25, -0.2) is 9.98 Å². The second kappa shape index (κ2) is 7.48. The molecule has 1 aliphatic carbocycles. The van der Waals surface area contributed by atoms with Gasteiger partial charge < -0.3 is 10.5 Å². The first-order valence-corrected chi connectivity index (χ1v) is 9.46. The number of nitrogens with two attached hydrogens (primary N) is 1. The minimum atomic E-state index is -0.590. The first-order valence-electron chi connectivity index (χ1n) is 9.46. The summed E-state index contributed by atoms with van der Waals surface area (Å²) >= 11 is 0. The topological polar surface area (TPSA) is 60.0 Å². The highest BCUT2D eigenvalue weighted by atomic mass is 16.5. The molecule has 0 aromatic heterocycles. The number of hydrogen-bond acceptors (Lipinski definition) is 4. The van der Waals surface area contributed by atoms with E-state index < -0.39 is 5.60 Å². The first kappa shape index (κ1) is 18.4. The quantitative estimate of drug-likeness (QED) is 0.827. The minimum Gasteiger partial charge on any atom is -0.464 e. The van der Waals surface area contributed by atoms with Crippen LogP contribution in [0.25, 0.3) is 0 Å². The Morgan fingerprint density at radius 1 is 1.23 bits per heavy atom. The lowest BCUT2D eigenvalue weighted by Gasteiger charge is -2.33. The van der Waals surface area contributed by atoms with Crippen LogP contribution in [0.4, 0.5) is 0 Å². The highest BCUT2D eigenvalue weighted by molar-refractivity contribution is 6.13. The van der Waals surface area contributed by atoms with Crippen LogP contribution in [0.5, 0.6) is 0 Å². The average molecular weight is 351 g/mol. The Balaban J connectivity index is 1.96. The largest absolute Gasteiger partial charge is 0.464 e. The second-order valence-electron chi connectivity index (χ2n) is 7.68. The number of hydrogen-bond donors (Lipinski definition) is 1. The van der Waals surface area contributed by atoms with E-state index in [4.69, 9.17) is 15.5 Å². The van der Waals surface area contributed by atoms with Gasteiger partial charge in [0.15, 0.2) is 0 Å². The Morgan fingerprint density at radius 2 is 1.88 bits per heavy atom. The maximum absolute atomic E-state index is 6.11.